The van der Waals surface area contributed by atoms with E-state index in [1.54, 1.807) is 0 Å². The first-order valence-corrected chi connectivity index (χ1v) is 18.6. The third-order valence-corrected chi connectivity index (χ3v) is 14.5. The van der Waals surface area contributed by atoms with Gasteiger partial charge in [0.15, 0.2) is 0 Å². The van der Waals surface area contributed by atoms with Crippen molar-refractivity contribution in [3.8, 4) is 0 Å². The van der Waals surface area contributed by atoms with E-state index in [1.807, 2.05) is 0 Å². The summed E-state index contributed by atoms with van der Waals surface area (Å²) in [6, 6.07) is 0. The van der Waals surface area contributed by atoms with E-state index in [-0.39, 0.29) is 119 Å². The fourth-order valence-corrected chi connectivity index (χ4v) is 12.5. The zero-order valence-corrected chi connectivity index (χ0v) is 33.2. The Hall–Kier alpha value is 1.66. The summed E-state index contributed by atoms with van der Waals surface area (Å²) >= 11 is 0. The van der Waals surface area contributed by atoms with Crippen molar-refractivity contribution in [1.29, 1.82) is 0 Å². The van der Waals surface area contributed by atoms with Crippen molar-refractivity contribution in [2.45, 2.75) is 117 Å². The second kappa shape index (κ2) is 14.1. The maximum Gasteiger partial charge on any atom is 1.00 e. The van der Waals surface area contributed by atoms with Gasteiger partial charge in [-0.05, 0) is 122 Å². The summed E-state index contributed by atoms with van der Waals surface area (Å²) in [5.41, 5.74) is -0.472. The molecule has 0 aromatic carbocycles. The van der Waals surface area contributed by atoms with E-state index < -0.39 is 44.5 Å². The fraction of sp³-hybridized carbons (Fsp3) is 1.00. The Kier molecular flexibility index (Phi) is 12.9. The van der Waals surface area contributed by atoms with Crippen molar-refractivity contribution >= 4 is 20.8 Å². The first kappa shape index (κ1) is 40.1. The average Bonchev–Trinajstić information content (AvgIpc) is 3.43. The molecule has 5 saturated carbocycles. The standard InChI is InChI=1S/C30H52O10S2.2Na/c1-17(2)29(14-19(29)4)10-8-18(3)27-24(32)13-23-21-7-6-20-12-25(39-41(33,34)35)26(40-42(36,37)38)15-28(20,5)22(21)9-11-30(23,27)16-31;;/h17-27,31-32H,6-16H2,1-5H3,(H,33,34,35)(H,36,37,38);;/q;2*+1/p-2/t18?,19?,20?,21?,22?,23?,24?,25?,26?,27-,28+,29+,30-;;/m1../s1. The van der Waals surface area contributed by atoms with Gasteiger partial charge < -0.3 is 19.3 Å². The van der Waals surface area contributed by atoms with Crippen LogP contribution < -0.4 is 59.1 Å². The zero-order chi connectivity index (χ0) is 31.0. The number of fused-ring (bicyclic) bond motifs is 5. The molecular formula is C30H50Na2O10S2. The molecule has 0 heterocycles. The van der Waals surface area contributed by atoms with Crippen molar-refractivity contribution in [3.63, 3.8) is 0 Å². The summed E-state index contributed by atoms with van der Waals surface area (Å²) in [7, 11) is -10.3. The van der Waals surface area contributed by atoms with Crippen LogP contribution in [0.2, 0.25) is 0 Å². The Bertz CT molecular complexity index is 1230. The Morgan fingerprint density at radius 3 is 2.02 bits per heavy atom. The number of aliphatic hydroxyl groups is 2. The second-order valence-corrected chi connectivity index (χ2v) is 17.5. The minimum absolute atomic E-state index is 0. The third kappa shape index (κ3) is 7.39. The van der Waals surface area contributed by atoms with Crippen molar-refractivity contribution in [1.82, 2.24) is 0 Å². The SMILES string of the molecule is CC(CC[C@@]1(C(C)C)CC1C)[C@@H]1C(O)CC2C3CCC4CC(OS(=O)(=O)[O-])C(OS(=O)(=O)[O-])C[C@]4(C)C3CC[C@@]21CO.[Na+].[Na+]. The van der Waals surface area contributed by atoms with E-state index in [2.05, 4.69) is 34.6 Å². The van der Waals surface area contributed by atoms with Gasteiger partial charge in [0.2, 0.25) is 20.8 Å². The Balaban J connectivity index is 0.00000264. The molecular weight excluding hydrogens is 630 g/mol. The van der Waals surface area contributed by atoms with Gasteiger partial charge in [-0.1, -0.05) is 34.6 Å². The summed E-state index contributed by atoms with van der Waals surface area (Å²) in [5, 5.41) is 22.6. The van der Waals surface area contributed by atoms with Gasteiger partial charge >= 0.3 is 59.1 Å². The molecule has 0 saturated heterocycles. The summed E-state index contributed by atoms with van der Waals surface area (Å²) in [4.78, 5) is 0. The molecule has 0 bridgehead atoms. The van der Waals surface area contributed by atoms with E-state index >= 15 is 0 Å². The predicted octanol–water partition coefficient (Wildman–Crippen LogP) is -2.00. The van der Waals surface area contributed by atoms with Crippen LogP contribution in [0.3, 0.4) is 0 Å². The summed E-state index contributed by atoms with van der Waals surface area (Å²) < 4.78 is 78.6. The largest absolute Gasteiger partial charge is 1.00 e. The zero-order valence-electron chi connectivity index (χ0n) is 27.6. The molecule has 14 heteroatoms. The van der Waals surface area contributed by atoms with Crippen molar-refractivity contribution < 1.29 is 104 Å². The molecule has 5 rings (SSSR count). The van der Waals surface area contributed by atoms with Crippen LogP contribution in [-0.2, 0) is 29.2 Å². The quantitative estimate of drug-likeness (QED) is 0.149. The Morgan fingerprint density at radius 1 is 0.909 bits per heavy atom. The van der Waals surface area contributed by atoms with E-state index in [9.17, 15) is 36.2 Å². The first-order valence-electron chi connectivity index (χ1n) is 15.9. The normalized spacial score (nSPS) is 45.7. The summed E-state index contributed by atoms with van der Waals surface area (Å²) in [6.45, 7) is 11.3. The smallest absolute Gasteiger partial charge is 0.726 e. The summed E-state index contributed by atoms with van der Waals surface area (Å²) in [5.74, 6) is 1.99. The molecule has 0 radical (unpaired) electrons. The molecule has 9 unspecified atom stereocenters. The second-order valence-electron chi connectivity index (χ2n) is 15.5. The van der Waals surface area contributed by atoms with Crippen molar-refractivity contribution in [3.05, 3.63) is 0 Å². The molecule has 10 nitrogen and oxygen atoms in total. The molecule has 0 spiro atoms. The maximum absolute atomic E-state index is 11.6. The molecule has 0 amide bonds. The Morgan fingerprint density at radius 2 is 1.50 bits per heavy atom. The van der Waals surface area contributed by atoms with Gasteiger partial charge in [-0.25, -0.2) is 16.8 Å². The first-order chi connectivity index (χ1) is 19.4. The van der Waals surface area contributed by atoms with Crippen LogP contribution in [0.15, 0.2) is 0 Å². The van der Waals surface area contributed by atoms with Gasteiger partial charge in [-0.3, -0.25) is 8.37 Å². The van der Waals surface area contributed by atoms with Crippen LogP contribution in [-0.4, -0.2) is 61.1 Å². The molecule has 13 atom stereocenters. The molecule has 244 valence electrons. The number of hydrogen-bond donors (Lipinski definition) is 2. The van der Waals surface area contributed by atoms with Crippen LogP contribution >= 0.6 is 0 Å². The topological polar surface area (TPSA) is 173 Å². The van der Waals surface area contributed by atoms with Gasteiger partial charge in [0.1, 0.15) is 12.2 Å². The van der Waals surface area contributed by atoms with Gasteiger partial charge in [-0.15, -0.1) is 0 Å². The number of aliphatic hydroxyl groups excluding tert-OH is 2. The molecule has 5 aliphatic rings. The van der Waals surface area contributed by atoms with Crippen molar-refractivity contribution in [2.75, 3.05) is 6.61 Å². The molecule has 0 aromatic heterocycles. The van der Waals surface area contributed by atoms with Gasteiger partial charge in [0, 0.05) is 12.0 Å². The number of rotatable bonds is 10. The molecule has 0 aromatic rings. The minimum Gasteiger partial charge on any atom is -0.726 e. The minimum atomic E-state index is -5.17. The third-order valence-electron chi connectivity index (χ3n) is 13.6. The predicted molar refractivity (Wildman–Crippen MR) is 152 cm³/mol. The van der Waals surface area contributed by atoms with E-state index in [4.69, 9.17) is 8.37 Å². The van der Waals surface area contributed by atoms with Crippen LogP contribution in [0, 0.1) is 63.6 Å². The van der Waals surface area contributed by atoms with E-state index in [1.165, 1.54) is 6.42 Å². The molecule has 5 fully saturated rings. The fourth-order valence-electron chi connectivity index (χ4n) is 11.5. The molecule has 44 heavy (non-hydrogen) atoms. The molecule has 2 N–H and O–H groups in total. The van der Waals surface area contributed by atoms with Crippen LogP contribution in [0.5, 0.6) is 0 Å². The molecule has 5 aliphatic carbocycles. The molecule has 0 aliphatic heterocycles. The van der Waals surface area contributed by atoms with Crippen LogP contribution in [0.4, 0.5) is 0 Å². The van der Waals surface area contributed by atoms with Gasteiger partial charge in [-0.2, -0.15) is 0 Å². The number of hydrogen-bond acceptors (Lipinski definition) is 10. The van der Waals surface area contributed by atoms with E-state index in [0.717, 1.165) is 44.4 Å². The monoisotopic (exact) mass is 680 g/mol. The van der Waals surface area contributed by atoms with Gasteiger partial charge in [0.05, 0.1) is 6.10 Å². The van der Waals surface area contributed by atoms with E-state index in [0.29, 0.717) is 17.8 Å². The maximum atomic E-state index is 11.6. The summed E-state index contributed by atoms with van der Waals surface area (Å²) in [6.07, 6.45) is 4.10. The van der Waals surface area contributed by atoms with Crippen LogP contribution in [0.25, 0.3) is 0 Å². The van der Waals surface area contributed by atoms with Crippen molar-refractivity contribution in [2.24, 2.45) is 63.6 Å². The Labute approximate surface area is 309 Å². The van der Waals surface area contributed by atoms with Gasteiger partial charge in [0.25, 0.3) is 0 Å². The average molecular weight is 681 g/mol. The van der Waals surface area contributed by atoms with Crippen LogP contribution in [0.1, 0.15) is 98.8 Å².